The Balaban J connectivity index is 0.00000243. The molecule has 0 atom stereocenters. The van der Waals surface area contributed by atoms with Crippen molar-refractivity contribution in [3.8, 4) is 11.6 Å². The van der Waals surface area contributed by atoms with E-state index in [1.807, 2.05) is 12.1 Å². The van der Waals surface area contributed by atoms with Crippen LogP contribution in [0.4, 0.5) is 5.69 Å². The normalized spacial score (nSPS) is 15.6. The number of rotatable bonds is 6. The molecule has 0 unspecified atom stereocenters. The van der Waals surface area contributed by atoms with E-state index in [0.717, 1.165) is 25.9 Å². The fourth-order valence-corrected chi connectivity index (χ4v) is 2.98. The summed E-state index contributed by atoms with van der Waals surface area (Å²) >= 11 is 0. The van der Waals surface area contributed by atoms with Crippen molar-refractivity contribution >= 4 is 24.0 Å². The van der Waals surface area contributed by atoms with Crippen molar-refractivity contribution in [1.82, 2.24) is 15.3 Å². The molecule has 0 bridgehead atoms. The molecule has 2 N–H and O–H groups in total. The maximum Gasteiger partial charge on any atom is 0.237 e. The smallest absolute Gasteiger partial charge is 0.237 e. The highest BCUT2D eigenvalue weighted by molar-refractivity contribution is 5.95. The van der Waals surface area contributed by atoms with Crippen LogP contribution in [0.2, 0.25) is 0 Å². The van der Waals surface area contributed by atoms with E-state index < -0.39 is 5.41 Å². The first-order valence-corrected chi connectivity index (χ1v) is 8.27. The number of ether oxygens (including phenoxy) is 2. The number of aromatic nitrogens is 2. The van der Waals surface area contributed by atoms with Crippen molar-refractivity contribution in [2.75, 3.05) is 32.1 Å². The van der Waals surface area contributed by atoms with Gasteiger partial charge in [-0.2, -0.15) is 0 Å². The number of benzene rings is 1. The average molecular weight is 379 g/mol. The lowest BCUT2D eigenvalue weighted by molar-refractivity contribution is -0.130. The molecule has 26 heavy (non-hydrogen) atoms. The Labute approximate surface area is 158 Å². The minimum atomic E-state index is -0.498. The number of nitrogens with zero attached hydrogens (tertiary/aromatic N) is 2. The Morgan fingerprint density at radius 3 is 2.81 bits per heavy atom. The Bertz CT molecular complexity index is 703. The molecule has 0 spiro atoms. The van der Waals surface area contributed by atoms with Gasteiger partial charge in [0.25, 0.3) is 0 Å². The molecule has 1 aliphatic rings. The summed E-state index contributed by atoms with van der Waals surface area (Å²) in [4.78, 5) is 20.9. The third kappa shape index (κ3) is 4.91. The first-order valence-electron chi connectivity index (χ1n) is 8.27. The van der Waals surface area contributed by atoms with E-state index in [1.165, 1.54) is 6.20 Å². The monoisotopic (exact) mass is 378 g/mol. The van der Waals surface area contributed by atoms with Crippen LogP contribution in [0.3, 0.4) is 0 Å². The van der Waals surface area contributed by atoms with Crippen molar-refractivity contribution in [3.05, 3.63) is 42.9 Å². The van der Waals surface area contributed by atoms with Crippen LogP contribution in [0.1, 0.15) is 12.8 Å². The van der Waals surface area contributed by atoms with E-state index in [-0.39, 0.29) is 18.3 Å². The number of methoxy groups -OCH3 is 1. The van der Waals surface area contributed by atoms with Crippen LogP contribution in [0, 0.1) is 5.41 Å². The highest BCUT2D eigenvalue weighted by Crippen LogP contribution is 2.31. The lowest BCUT2D eigenvalue weighted by Gasteiger charge is -2.35. The van der Waals surface area contributed by atoms with Gasteiger partial charge in [-0.3, -0.25) is 9.78 Å². The number of carbonyl (C=O) groups excluding carboxylic acids is 1. The lowest BCUT2D eigenvalue weighted by atomic mass is 9.78. The molecule has 2 heterocycles. The minimum Gasteiger partial charge on any atom is -0.437 e. The van der Waals surface area contributed by atoms with Crippen molar-refractivity contribution in [2.24, 2.45) is 5.41 Å². The number of hydrogen-bond donors (Lipinski definition) is 2. The van der Waals surface area contributed by atoms with Crippen LogP contribution in [0.15, 0.2) is 42.9 Å². The summed E-state index contributed by atoms with van der Waals surface area (Å²) in [6.45, 7) is 2.04. The summed E-state index contributed by atoms with van der Waals surface area (Å²) in [5, 5.41) is 6.29. The fraction of sp³-hybridized carbons (Fsp3) is 0.389. The molecule has 0 radical (unpaired) electrons. The molecule has 1 aromatic heterocycles. The molecule has 0 aliphatic carbocycles. The summed E-state index contributed by atoms with van der Waals surface area (Å²) in [5.74, 6) is 0.970. The zero-order valence-corrected chi connectivity index (χ0v) is 15.4. The van der Waals surface area contributed by atoms with Crippen molar-refractivity contribution in [2.45, 2.75) is 12.8 Å². The zero-order valence-electron chi connectivity index (χ0n) is 14.6. The summed E-state index contributed by atoms with van der Waals surface area (Å²) in [7, 11) is 1.63. The number of piperidine rings is 1. The molecule has 1 aromatic carbocycles. The molecular formula is C18H23ClN4O3. The SMILES string of the molecule is COCC1(C(=O)Nc2cccc(Oc3cnccn3)c2)CCNCC1.Cl. The molecule has 1 fully saturated rings. The first kappa shape index (κ1) is 20.1. The maximum atomic E-state index is 12.9. The Hall–Kier alpha value is -2.22. The topological polar surface area (TPSA) is 85.4 Å². The molecule has 3 rings (SSSR count). The fourth-order valence-electron chi connectivity index (χ4n) is 2.98. The second-order valence-corrected chi connectivity index (χ2v) is 6.09. The molecule has 2 aromatic rings. The molecule has 7 nitrogen and oxygen atoms in total. The second kappa shape index (κ2) is 9.47. The van der Waals surface area contributed by atoms with Gasteiger partial charge in [-0.15, -0.1) is 12.4 Å². The quantitative estimate of drug-likeness (QED) is 0.803. The average Bonchev–Trinajstić information content (AvgIpc) is 2.64. The lowest BCUT2D eigenvalue weighted by Crippen LogP contribution is -2.47. The molecule has 1 amide bonds. The Morgan fingerprint density at radius 1 is 1.31 bits per heavy atom. The van der Waals surface area contributed by atoms with Gasteiger partial charge in [0, 0.05) is 31.3 Å². The van der Waals surface area contributed by atoms with Crippen molar-refractivity contribution in [1.29, 1.82) is 0 Å². The largest absolute Gasteiger partial charge is 0.437 e. The van der Waals surface area contributed by atoms with Crippen LogP contribution in [-0.2, 0) is 9.53 Å². The third-order valence-electron chi connectivity index (χ3n) is 4.32. The van der Waals surface area contributed by atoms with Crippen LogP contribution in [0.5, 0.6) is 11.6 Å². The Kier molecular flexibility index (Phi) is 7.32. The van der Waals surface area contributed by atoms with Gasteiger partial charge in [-0.05, 0) is 38.1 Å². The van der Waals surface area contributed by atoms with Gasteiger partial charge in [-0.25, -0.2) is 4.98 Å². The van der Waals surface area contributed by atoms with Gasteiger partial charge >= 0.3 is 0 Å². The number of carbonyl (C=O) groups is 1. The van der Waals surface area contributed by atoms with E-state index >= 15 is 0 Å². The van der Waals surface area contributed by atoms with Crippen LogP contribution >= 0.6 is 12.4 Å². The number of nitrogens with one attached hydrogen (secondary N) is 2. The van der Waals surface area contributed by atoms with Gasteiger partial charge in [-0.1, -0.05) is 6.07 Å². The molecule has 1 saturated heterocycles. The second-order valence-electron chi connectivity index (χ2n) is 6.09. The van der Waals surface area contributed by atoms with E-state index in [4.69, 9.17) is 9.47 Å². The van der Waals surface area contributed by atoms with E-state index in [9.17, 15) is 4.79 Å². The molecule has 0 saturated carbocycles. The number of anilines is 1. The van der Waals surface area contributed by atoms with Gasteiger partial charge < -0.3 is 20.1 Å². The first-order chi connectivity index (χ1) is 12.2. The molecule has 140 valence electrons. The number of hydrogen-bond acceptors (Lipinski definition) is 6. The van der Waals surface area contributed by atoms with Gasteiger partial charge in [0.1, 0.15) is 5.75 Å². The van der Waals surface area contributed by atoms with Crippen molar-refractivity contribution in [3.63, 3.8) is 0 Å². The third-order valence-corrected chi connectivity index (χ3v) is 4.32. The van der Waals surface area contributed by atoms with Gasteiger partial charge in [0.2, 0.25) is 11.8 Å². The molecule has 1 aliphatic heterocycles. The summed E-state index contributed by atoms with van der Waals surface area (Å²) in [5.41, 5.74) is 0.183. The highest BCUT2D eigenvalue weighted by atomic mass is 35.5. The number of halogens is 1. The predicted molar refractivity (Wildman–Crippen MR) is 101 cm³/mol. The maximum absolute atomic E-state index is 12.9. The van der Waals surface area contributed by atoms with E-state index in [1.54, 1.807) is 31.6 Å². The van der Waals surface area contributed by atoms with Crippen LogP contribution in [0.25, 0.3) is 0 Å². The zero-order chi connectivity index (χ0) is 17.5. The standard InChI is InChI=1S/C18H22N4O3.ClH/c1-24-13-18(5-7-19-8-6-18)17(23)22-14-3-2-4-15(11-14)25-16-12-20-9-10-21-16;/h2-4,9-12,19H,5-8,13H2,1H3,(H,22,23);1H. The predicted octanol–water partition coefficient (Wildman–Crippen LogP) is 2.65. The van der Waals surface area contributed by atoms with Crippen LogP contribution in [-0.4, -0.2) is 42.7 Å². The van der Waals surface area contributed by atoms with Gasteiger partial charge in [0.05, 0.1) is 18.2 Å². The highest BCUT2D eigenvalue weighted by Gasteiger charge is 2.39. The van der Waals surface area contributed by atoms with E-state index in [2.05, 4.69) is 20.6 Å². The van der Waals surface area contributed by atoms with E-state index in [0.29, 0.717) is 23.9 Å². The molecule has 8 heteroatoms. The Morgan fingerprint density at radius 2 is 2.12 bits per heavy atom. The van der Waals surface area contributed by atoms with Crippen molar-refractivity contribution < 1.29 is 14.3 Å². The summed E-state index contributed by atoms with van der Waals surface area (Å²) < 4.78 is 11.0. The summed E-state index contributed by atoms with van der Waals surface area (Å²) in [6.07, 6.45) is 6.18. The van der Waals surface area contributed by atoms with Gasteiger partial charge in [0.15, 0.2) is 0 Å². The summed E-state index contributed by atoms with van der Waals surface area (Å²) in [6, 6.07) is 7.24. The number of amides is 1. The minimum absolute atomic E-state index is 0. The van der Waals surface area contributed by atoms with Crippen LogP contribution < -0.4 is 15.4 Å². The molecular weight excluding hydrogens is 356 g/mol.